The molecule has 0 aliphatic carbocycles. The SMILES string of the molecule is Cc1c(F)cccc1C(O)CO. The van der Waals surface area contributed by atoms with Crippen molar-refractivity contribution in [2.75, 3.05) is 6.61 Å². The molecule has 1 atom stereocenters. The second-order valence-electron chi connectivity index (χ2n) is 2.65. The lowest BCUT2D eigenvalue weighted by Crippen LogP contribution is -2.05. The zero-order valence-electron chi connectivity index (χ0n) is 6.79. The van der Waals surface area contributed by atoms with Crippen molar-refractivity contribution in [3.63, 3.8) is 0 Å². The van der Waals surface area contributed by atoms with E-state index in [0.29, 0.717) is 11.1 Å². The Balaban J connectivity index is 3.07. The van der Waals surface area contributed by atoms with Gasteiger partial charge in [-0.05, 0) is 24.1 Å². The van der Waals surface area contributed by atoms with Crippen LogP contribution in [-0.2, 0) is 0 Å². The number of halogens is 1. The summed E-state index contributed by atoms with van der Waals surface area (Å²) in [6.07, 6.45) is -0.985. The van der Waals surface area contributed by atoms with Gasteiger partial charge in [-0.1, -0.05) is 12.1 Å². The first-order valence-corrected chi connectivity index (χ1v) is 3.70. The quantitative estimate of drug-likeness (QED) is 0.699. The summed E-state index contributed by atoms with van der Waals surface area (Å²) in [7, 11) is 0. The summed E-state index contributed by atoms with van der Waals surface area (Å²) >= 11 is 0. The fourth-order valence-corrected chi connectivity index (χ4v) is 1.08. The van der Waals surface area contributed by atoms with Crippen LogP contribution < -0.4 is 0 Å². The summed E-state index contributed by atoms with van der Waals surface area (Å²) in [4.78, 5) is 0. The van der Waals surface area contributed by atoms with Crippen LogP contribution in [0.1, 0.15) is 17.2 Å². The van der Waals surface area contributed by atoms with Crippen molar-refractivity contribution in [1.29, 1.82) is 0 Å². The fraction of sp³-hybridized carbons (Fsp3) is 0.333. The first-order chi connectivity index (χ1) is 5.66. The van der Waals surface area contributed by atoms with Gasteiger partial charge in [-0.15, -0.1) is 0 Å². The number of aliphatic hydroxyl groups excluding tert-OH is 2. The lowest BCUT2D eigenvalue weighted by molar-refractivity contribution is 0.0948. The van der Waals surface area contributed by atoms with E-state index >= 15 is 0 Å². The summed E-state index contributed by atoms with van der Waals surface area (Å²) in [5, 5.41) is 17.8. The fourth-order valence-electron chi connectivity index (χ4n) is 1.08. The van der Waals surface area contributed by atoms with Crippen molar-refractivity contribution in [2.24, 2.45) is 0 Å². The van der Waals surface area contributed by atoms with Crippen molar-refractivity contribution in [3.05, 3.63) is 35.1 Å². The van der Waals surface area contributed by atoms with Crippen LogP contribution in [0.25, 0.3) is 0 Å². The molecule has 0 aliphatic rings. The molecule has 0 spiro atoms. The minimum Gasteiger partial charge on any atom is -0.393 e. The van der Waals surface area contributed by atoms with Gasteiger partial charge >= 0.3 is 0 Å². The van der Waals surface area contributed by atoms with Gasteiger partial charge in [-0.3, -0.25) is 0 Å². The van der Waals surface area contributed by atoms with Crippen LogP contribution in [0.2, 0.25) is 0 Å². The standard InChI is InChI=1S/C9H11FO2/c1-6-7(9(12)5-11)3-2-4-8(6)10/h2-4,9,11-12H,5H2,1H3. The average Bonchev–Trinajstić information content (AvgIpc) is 2.08. The molecule has 2 N–H and O–H groups in total. The molecule has 1 aromatic rings. The van der Waals surface area contributed by atoms with Crippen LogP contribution in [0.3, 0.4) is 0 Å². The molecule has 0 amide bonds. The van der Waals surface area contributed by atoms with E-state index in [1.165, 1.54) is 12.1 Å². The van der Waals surface area contributed by atoms with Crippen LogP contribution in [0.15, 0.2) is 18.2 Å². The summed E-state index contributed by atoms with van der Waals surface area (Å²) in [5.74, 6) is -0.361. The monoisotopic (exact) mass is 170 g/mol. The number of benzene rings is 1. The van der Waals surface area contributed by atoms with Crippen LogP contribution >= 0.6 is 0 Å². The Hall–Kier alpha value is -0.930. The molecule has 3 heteroatoms. The molecule has 2 nitrogen and oxygen atoms in total. The molecule has 0 fully saturated rings. The van der Waals surface area contributed by atoms with Gasteiger partial charge in [0, 0.05) is 0 Å². The average molecular weight is 170 g/mol. The summed E-state index contributed by atoms with van der Waals surface area (Å²) in [6.45, 7) is 1.19. The zero-order valence-corrected chi connectivity index (χ0v) is 6.79. The maximum Gasteiger partial charge on any atom is 0.126 e. The van der Waals surface area contributed by atoms with E-state index in [2.05, 4.69) is 0 Å². The molecule has 0 aromatic heterocycles. The number of rotatable bonds is 2. The molecule has 0 bridgehead atoms. The van der Waals surface area contributed by atoms with Gasteiger partial charge in [0.05, 0.1) is 6.61 Å². The van der Waals surface area contributed by atoms with E-state index in [1.807, 2.05) is 0 Å². The lowest BCUT2D eigenvalue weighted by Gasteiger charge is -2.10. The van der Waals surface area contributed by atoms with Gasteiger partial charge in [0.1, 0.15) is 11.9 Å². The van der Waals surface area contributed by atoms with Gasteiger partial charge in [-0.2, -0.15) is 0 Å². The van der Waals surface area contributed by atoms with E-state index in [1.54, 1.807) is 13.0 Å². The van der Waals surface area contributed by atoms with E-state index in [9.17, 15) is 9.50 Å². The van der Waals surface area contributed by atoms with Crippen LogP contribution in [0.5, 0.6) is 0 Å². The topological polar surface area (TPSA) is 40.5 Å². The van der Waals surface area contributed by atoms with Crippen molar-refractivity contribution >= 4 is 0 Å². The first kappa shape index (κ1) is 9.16. The molecule has 1 rings (SSSR count). The van der Waals surface area contributed by atoms with Crippen molar-refractivity contribution in [3.8, 4) is 0 Å². The van der Waals surface area contributed by atoms with Gasteiger partial charge in [0.15, 0.2) is 0 Å². The molecule has 66 valence electrons. The highest BCUT2D eigenvalue weighted by atomic mass is 19.1. The molecule has 1 aromatic carbocycles. The third-order valence-corrected chi connectivity index (χ3v) is 1.84. The number of aliphatic hydroxyl groups is 2. The summed E-state index contributed by atoms with van der Waals surface area (Å²) in [6, 6.07) is 4.43. The highest BCUT2D eigenvalue weighted by Crippen LogP contribution is 2.18. The Morgan fingerprint density at radius 3 is 2.75 bits per heavy atom. The van der Waals surface area contributed by atoms with E-state index in [-0.39, 0.29) is 12.4 Å². The molecular formula is C9H11FO2. The van der Waals surface area contributed by atoms with Gasteiger partial charge in [0.25, 0.3) is 0 Å². The van der Waals surface area contributed by atoms with Crippen molar-refractivity contribution in [1.82, 2.24) is 0 Å². The Morgan fingerprint density at radius 1 is 1.50 bits per heavy atom. The molecule has 0 saturated carbocycles. The predicted molar refractivity (Wildman–Crippen MR) is 43.2 cm³/mol. The third kappa shape index (κ3) is 1.62. The molecular weight excluding hydrogens is 159 g/mol. The van der Waals surface area contributed by atoms with Gasteiger partial charge in [-0.25, -0.2) is 4.39 Å². The number of hydrogen-bond acceptors (Lipinski definition) is 2. The number of hydrogen-bond donors (Lipinski definition) is 2. The lowest BCUT2D eigenvalue weighted by atomic mass is 10.0. The van der Waals surface area contributed by atoms with E-state index < -0.39 is 6.10 Å². The second kappa shape index (κ2) is 3.65. The largest absolute Gasteiger partial charge is 0.393 e. The summed E-state index contributed by atoms with van der Waals surface area (Å²) < 4.78 is 12.9. The Bertz CT molecular complexity index is 273. The predicted octanol–water partition coefficient (Wildman–Crippen LogP) is 1.16. The zero-order chi connectivity index (χ0) is 9.14. The Kier molecular flexibility index (Phi) is 2.78. The molecule has 0 heterocycles. The minimum absolute atomic E-state index is 0.361. The second-order valence-corrected chi connectivity index (χ2v) is 2.65. The molecule has 1 unspecified atom stereocenters. The Morgan fingerprint density at radius 2 is 2.17 bits per heavy atom. The first-order valence-electron chi connectivity index (χ1n) is 3.70. The summed E-state index contributed by atoms with van der Waals surface area (Å²) in [5.41, 5.74) is 0.830. The molecule has 0 radical (unpaired) electrons. The van der Waals surface area contributed by atoms with Gasteiger partial charge < -0.3 is 10.2 Å². The smallest absolute Gasteiger partial charge is 0.126 e. The van der Waals surface area contributed by atoms with E-state index in [4.69, 9.17) is 5.11 Å². The van der Waals surface area contributed by atoms with E-state index in [0.717, 1.165) is 0 Å². The van der Waals surface area contributed by atoms with Gasteiger partial charge in [0.2, 0.25) is 0 Å². The van der Waals surface area contributed by atoms with Crippen LogP contribution in [0.4, 0.5) is 4.39 Å². The normalized spacial score (nSPS) is 13.0. The maximum atomic E-state index is 12.9. The van der Waals surface area contributed by atoms with Crippen LogP contribution in [-0.4, -0.2) is 16.8 Å². The highest BCUT2D eigenvalue weighted by molar-refractivity contribution is 5.29. The molecule has 0 saturated heterocycles. The van der Waals surface area contributed by atoms with Crippen LogP contribution in [0, 0.1) is 12.7 Å². The Labute approximate surface area is 70.3 Å². The molecule has 0 aliphatic heterocycles. The maximum absolute atomic E-state index is 12.9. The van der Waals surface area contributed by atoms with Crippen molar-refractivity contribution in [2.45, 2.75) is 13.0 Å². The highest BCUT2D eigenvalue weighted by Gasteiger charge is 2.10. The third-order valence-electron chi connectivity index (χ3n) is 1.84. The minimum atomic E-state index is -0.985. The van der Waals surface area contributed by atoms with Crippen molar-refractivity contribution < 1.29 is 14.6 Å². The molecule has 12 heavy (non-hydrogen) atoms.